The Labute approximate surface area is 191 Å². The Morgan fingerprint density at radius 3 is 2.28 bits per heavy atom. The number of ether oxygens (including phenoxy) is 1. The lowest BCUT2D eigenvalue weighted by atomic mass is 9.91. The number of fused-ring (bicyclic) bond motifs is 3. The van der Waals surface area contributed by atoms with Crippen LogP contribution < -0.4 is 5.32 Å². The number of carbonyl (C=O) groups excluding carboxylic acids is 2. The van der Waals surface area contributed by atoms with Crippen molar-refractivity contribution in [3.05, 3.63) is 59.7 Å². The second kappa shape index (κ2) is 8.86. The maximum Gasteiger partial charge on any atom is 0.407 e. The van der Waals surface area contributed by atoms with Gasteiger partial charge in [-0.05, 0) is 36.1 Å². The molecule has 32 heavy (non-hydrogen) atoms. The number of benzene rings is 2. The van der Waals surface area contributed by atoms with E-state index in [0.29, 0.717) is 11.6 Å². The summed E-state index contributed by atoms with van der Waals surface area (Å²) in [6.45, 7) is 3.63. The van der Waals surface area contributed by atoms with Gasteiger partial charge in [-0.3, -0.25) is 4.79 Å². The molecule has 8 heteroatoms. The lowest BCUT2D eigenvalue weighted by Crippen LogP contribution is -2.51. The first-order chi connectivity index (χ1) is 15.3. The van der Waals surface area contributed by atoms with E-state index in [-0.39, 0.29) is 25.0 Å². The summed E-state index contributed by atoms with van der Waals surface area (Å²) in [5.74, 6) is -0.639. The number of thioether (sulfide) groups is 1. The maximum atomic E-state index is 12.9. The monoisotopic (exact) mass is 454 g/mol. The van der Waals surface area contributed by atoms with Crippen LogP contribution >= 0.6 is 11.8 Å². The fourth-order valence-electron chi connectivity index (χ4n) is 4.25. The largest absolute Gasteiger partial charge is 0.480 e. The lowest BCUT2D eigenvalue weighted by molar-refractivity contribution is -0.151. The topological polar surface area (TPSA) is 95.9 Å². The highest BCUT2D eigenvalue weighted by Crippen LogP contribution is 2.44. The Kier molecular flexibility index (Phi) is 6.15. The summed E-state index contributed by atoms with van der Waals surface area (Å²) in [5.41, 5.74) is 3.61. The van der Waals surface area contributed by atoms with Crippen molar-refractivity contribution in [3.63, 3.8) is 0 Å². The molecule has 1 heterocycles. The lowest BCUT2D eigenvalue weighted by Gasteiger charge is -2.31. The van der Waals surface area contributed by atoms with E-state index in [1.165, 1.54) is 16.7 Å². The van der Waals surface area contributed by atoms with E-state index in [1.807, 2.05) is 24.3 Å². The first kappa shape index (κ1) is 22.2. The summed E-state index contributed by atoms with van der Waals surface area (Å²) >= 11 is 1.41. The van der Waals surface area contributed by atoms with Gasteiger partial charge in [0, 0.05) is 18.2 Å². The van der Waals surface area contributed by atoms with Crippen molar-refractivity contribution >= 4 is 29.7 Å². The summed E-state index contributed by atoms with van der Waals surface area (Å²) in [5, 5.41) is 12.0. The Morgan fingerprint density at radius 1 is 1.09 bits per heavy atom. The highest BCUT2D eigenvalue weighted by atomic mass is 32.2. The second-order valence-corrected chi connectivity index (χ2v) is 9.69. The molecule has 2 aromatic carbocycles. The first-order valence-electron chi connectivity index (χ1n) is 10.5. The molecular formula is C24H26N2O5S. The average Bonchev–Trinajstić information content (AvgIpc) is 3.39. The molecule has 0 bridgehead atoms. The molecule has 0 spiro atoms. The third-order valence-electron chi connectivity index (χ3n) is 6.03. The normalized spacial score (nSPS) is 17.6. The molecule has 1 aliphatic heterocycles. The van der Waals surface area contributed by atoms with Gasteiger partial charge in [0.15, 0.2) is 0 Å². The molecule has 2 aliphatic rings. The van der Waals surface area contributed by atoms with E-state index in [1.54, 1.807) is 13.8 Å². The van der Waals surface area contributed by atoms with E-state index < -0.39 is 23.5 Å². The SMILES string of the molecule is CC(C)(CNC(=O)OCC1c2ccccc2-c2ccccc21)C(=O)N1CSC[C@H]1C(=O)O. The number of carbonyl (C=O) groups is 3. The summed E-state index contributed by atoms with van der Waals surface area (Å²) < 4.78 is 5.53. The third-order valence-corrected chi connectivity index (χ3v) is 7.04. The Hall–Kier alpha value is -3.00. The van der Waals surface area contributed by atoms with Crippen molar-refractivity contribution in [3.8, 4) is 11.1 Å². The standard InChI is InChI=1S/C24H26N2O5S/c1-24(2,22(29)26-14-32-12-20(26)21(27)28)13-25-23(30)31-11-19-17-9-5-3-7-15(17)16-8-4-6-10-18(16)19/h3-10,19-20H,11-14H2,1-2H3,(H,25,30)(H,27,28)/t20-/m0/s1. The molecule has 1 aliphatic carbocycles. The van der Waals surface area contributed by atoms with Gasteiger partial charge in [-0.15, -0.1) is 11.8 Å². The van der Waals surface area contributed by atoms with Crippen LogP contribution in [0.15, 0.2) is 48.5 Å². The second-order valence-electron chi connectivity index (χ2n) is 8.69. The molecule has 1 atom stereocenters. The Morgan fingerprint density at radius 2 is 1.69 bits per heavy atom. The van der Waals surface area contributed by atoms with Gasteiger partial charge in [-0.1, -0.05) is 48.5 Å². The average molecular weight is 455 g/mol. The minimum absolute atomic E-state index is 0.0410. The molecular weight excluding hydrogens is 428 g/mol. The van der Waals surface area contributed by atoms with Crippen molar-refractivity contribution < 1.29 is 24.2 Å². The zero-order chi connectivity index (χ0) is 22.9. The fraction of sp³-hybridized carbons (Fsp3) is 0.375. The van der Waals surface area contributed by atoms with Gasteiger partial charge in [-0.25, -0.2) is 9.59 Å². The van der Waals surface area contributed by atoms with E-state index in [4.69, 9.17) is 4.74 Å². The minimum Gasteiger partial charge on any atom is -0.480 e. The third kappa shape index (κ3) is 4.19. The molecule has 0 saturated carbocycles. The van der Waals surface area contributed by atoms with Crippen LogP contribution in [-0.2, 0) is 14.3 Å². The number of nitrogens with one attached hydrogen (secondary N) is 1. The highest BCUT2D eigenvalue weighted by Gasteiger charge is 2.41. The summed E-state index contributed by atoms with van der Waals surface area (Å²) in [6.07, 6.45) is -0.599. The number of aliphatic carboxylic acids is 1. The van der Waals surface area contributed by atoms with Crippen LogP contribution in [-0.4, -0.2) is 58.8 Å². The predicted octanol–water partition coefficient (Wildman–Crippen LogP) is 3.54. The molecule has 2 amide bonds. The predicted molar refractivity (Wildman–Crippen MR) is 122 cm³/mol. The van der Waals surface area contributed by atoms with E-state index in [0.717, 1.165) is 22.3 Å². The maximum absolute atomic E-state index is 12.9. The first-order valence-corrected chi connectivity index (χ1v) is 11.7. The minimum atomic E-state index is -1.01. The van der Waals surface area contributed by atoms with Gasteiger partial charge in [0.2, 0.25) is 5.91 Å². The molecule has 2 aromatic rings. The molecule has 2 N–H and O–H groups in total. The highest BCUT2D eigenvalue weighted by molar-refractivity contribution is 7.99. The molecule has 0 radical (unpaired) electrons. The zero-order valence-electron chi connectivity index (χ0n) is 18.0. The van der Waals surface area contributed by atoms with Crippen LogP contribution in [0, 0.1) is 5.41 Å². The van der Waals surface area contributed by atoms with E-state index in [2.05, 4.69) is 29.6 Å². The molecule has 1 saturated heterocycles. The van der Waals surface area contributed by atoms with Crippen molar-refractivity contribution in [1.29, 1.82) is 0 Å². The van der Waals surface area contributed by atoms with Crippen molar-refractivity contribution in [2.24, 2.45) is 5.41 Å². The van der Waals surface area contributed by atoms with Crippen LogP contribution in [0.3, 0.4) is 0 Å². The van der Waals surface area contributed by atoms with Gasteiger partial charge in [0.1, 0.15) is 12.6 Å². The van der Waals surface area contributed by atoms with Gasteiger partial charge in [-0.2, -0.15) is 0 Å². The Balaban J connectivity index is 1.36. The molecule has 1 fully saturated rings. The van der Waals surface area contributed by atoms with Gasteiger partial charge in [0.25, 0.3) is 0 Å². The summed E-state index contributed by atoms with van der Waals surface area (Å²) in [7, 11) is 0. The van der Waals surface area contributed by atoms with Crippen LogP contribution in [0.4, 0.5) is 4.79 Å². The van der Waals surface area contributed by atoms with Gasteiger partial charge in [0.05, 0.1) is 11.3 Å². The molecule has 168 valence electrons. The van der Waals surface area contributed by atoms with Crippen molar-refractivity contribution in [1.82, 2.24) is 10.2 Å². The molecule has 7 nitrogen and oxygen atoms in total. The van der Waals surface area contributed by atoms with Crippen molar-refractivity contribution in [2.45, 2.75) is 25.8 Å². The fourth-order valence-corrected chi connectivity index (χ4v) is 5.40. The summed E-state index contributed by atoms with van der Waals surface area (Å²) in [6, 6.07) is 15.4. The molecule has 0 unspecified atom stereocenters. The number of rotatable bonds is 6. The van der Waals surface area contributed by atoms with E-state index >= 15 is 0 Å². The summed E-state index contributed by atoms with van der Waals surface area (Å²) in [4.78, 5) is 38.1. The molecule has 0 aromatic heterocycles. The number of carboxylic acids is 1. The number of carboxylic acid groups (broad SMARTS) is 1. The number of amides is 2. The van der Waals surface area contributed by atoms with Crippen LogP contribution in [0.5, 0.6) is 0 Å². The number of nitrogens with zero attached hydrogens (tertiary/aromatic N) is 1. The van der Waals surface area contributed by atoms with Crippen molar-refractivity contribution in [2.75, 3.05) is 24.8 Å². The van der Waals surface area contributed by atoms with Gasteiger partial charge < -0.3 is 20.1 Å². The van der Waals surface area contributed by atoms with E-state index in [9.17, 15) is 19.5 Å². The quantitative estimate of drug-likeness (QED) is 0.693. The Bertz CT molecular complexity index is 1010. The number of alkyl carbamates (subject to hydrolysis) is 1. The number of hydrogen-bond acceptors (Lipinski definition) is 5. The van der Waals surface area contributed by atoms with Crippen LogP contribution in [0.2, 0.25) is 0 Å². The zero-order valence-corrected chi connectivity index (χ0v) is 18.9. The number of hydrogen-bond donors (Lipinski definition) is 2. The van der Waals surface area contributed by atoms with Crippen LogP contribution in [0.25, 0.3) is 11.1 Å². The van der Waals surface area contributed by atoms with Crippen LogP contribution in [0.1, 0.15) is 30.9 Å². The smallest absolute Gasteiger partial charge is 0.407 e. The molecule has 4 rings (SSSR count). The van der Waals surface area contributed by atoms with Gasteiger partial charge >= 0.3 is 12.1 Å².